The van der Waals surface area contributed by atoms with Gasteiger partial charge in [-0.1, -0.05) is 19.3 Å². The van der Waals surface area contributed by atoms with Crippen LogP contribution in [0.25, 0.3) is 0 Å². The second-order valence-corrected chi connectivity index (χ2v) is 10.4. The van der Waals surface area contributed by atoms with Crippen LogP contribution in [-0.4, -0.2) is 62.4 Å². The number of halogens is 2. The number of hydrogen-bond acceptors (Lipinski definition) is 1. The fraction of sp³-hybridized carbons (Fsp3) is 0.769. The monoisotopic (exact) mass is 656 g/mol. The first kappa shape index (κ1) is 29.4. The second-order valence-electron chi connectivity index (χ2n) is 10.4. The summed E-state index contributed by atoms with van der Waals surface area (Å²) in [6.45, 7) is 8.92. The number of rotatable bonds is 12. The van der Waals surface area contributed by atoms with E-state index >= 15 is 0 Å². The maximum atomic E-state index is 5.97. The molecule has 180 valence electrons. The lowest BCUT2D eigenvalue weighted by molar-refractivity contribution is -0.914. The zero-order valence-electron chi connectivity index (χ0n) is 20.1. The van der Waals surface area contributed by atoms with Crippen LogP contribution in [0.5, 0.6) is 5.75 Å². The molecule has 0 saturated carbocycles. The Kier molecular flexibility index (Phi) is 14.6. The third-order valence-corrected chi connectivity index (χ3v) is 7.39. The highest BCUT2D eigenvalue weighted by Gasteiger charge is 2.26. The van der Waals surface area contributed by atoms with Gasteiger partial charge < -0.3 is 61.7 Å². The first-order valence-electron chi connectivity index (χ1n) is 12.5. The normalized spacial score (nSPS) is 19.3. The van der Waals surface area contributed by atoms with Crippen LogP contribution < -0.4 is 52.7 Å². The van der Waals surface area contributed by atoms with Crippen molar-refractivity contribution in [2.45, 2.75) is 77.2 Å². The van der Waals surface area contributed by atoms with Crippen LogP contribution in [0.3, 0.4) is 0 Å². The van der Waals surface area contributed by atoms with Crippen LogP contribution in [0.2, 0.25) is 0 Å². The minimum absolute atomic E-state index is 0. The van der Waals surface area contributed by atoms with Crippen molar-refractivity contribution in [3.05, 3.63) is 29.8 Å². The van der Waals surface area contributed by atoms with Crippen molar-refractivity contribution in [2.24, 2.45) is 0 Å². The highest BCUT2D eigenvalue weighted by atomic mass is 127. The quantitative estimate of drug-likeness (QED) is 0.172. The Balaban J connectivity index is 0.00000240. The minimum Gasteiger partial charge on any atom is -1.00 e. The van der Waals surface area contributed by atoms with Gasteiger partial charge in [0.25, 0.3) is 0 Å². The molecule has 31 heavy (non-hydrogen) atoms. The summed E-state index contributed by atoms with van der Waals surface area (Å²) in [5.41, 5.74) is 1.45. The lowest BCUT2D eigenvalue weighted by Gasteiger charge is -2.37. The van der Waals surface area contributed by atoms with E-state index in [0.717, 1.165) is 18.9 Å². The molecule has 2 fully saturated rings. The number of ether oxygens (including phenoxy) is 1. The van der Waals surface area contributed by atoms with Crippen LogP contribution in [0.1, 0.15) is 76.2 Å². The molecule has 1 aromatic rings. The molecule has 0 N–H and O–H groups in total. The molecule has 2 saturated heterocycles. The highest BCUT2D eigenvalue weighted by Crippen LogP contribution is 2.22. The van der Waals surface area contributed by atoms with Gasteiger partial charge in [0.2, 0.25) is 0 Å². The number of hydrogen-bond donors (Lipinski definition) is 0. The molecule has 0 aromatic heterocycles. The Morgan fingerprint density at radius 1 is 0.645 bits per heavy atom. The molecule has 0 spiro atoms. The molecule has 0 bridgehead atoms. The molecular weight excluding hydrogens is 610 g/mol. The molecule has 2 aliphatic rings. The standard InChI is InChI=1S/C26H46N2O.2HI/c1-27(19-9-7-10-20-27)18-8-5-3-4-6-13-23-29-26-16-14-25(15-17-26)24-28(2)21-11-12-22-28;;/h14-17H,3-13,18-24H2,1-2H3;2*1H/q+2;;/p-2. The zero-order chi connectivity index (χ0) is 20.4. The molecule has 0 amide bonds. The van der Waals surface area contributed by atoms with Gasteiger partial charge in [-0.3, -0.25) is 0 Å². The summed E-state index contributed by atoms with van der Waals surface area (Å²) in [6.07, 6.45) is 15.2. The van der Waals surface area contributed by atoms with Crippen LogP contribution >= 0.6 is 0 Å². The van der Waals surface area contributed by atoms with Gasteiger partial charge in [0.15, 0.2) is 0 Å². The van der Waals surface area contributed by atoms with E-state index in [0.29, 0.717) is 0 Å². The summed E-state index contributed by atoms with van der Waals surface area (Å²) in [5, 5.41) is 0. The number of benzene rings is 1. The molecule has 1 aromatic carbocycles. The fourth-order valence-corrected chi connectivity index (χ4v) is 5.38. The van der Waals surface area contributed by atoms with Crippen molar-refractivity contribution >= 4 is 0 Å². The number of unbranched alkanes of at least 4 members (excludes halogenated alkanes) is 5. The minimum atomic E-state index is 0. The summed E-state index contributed by atoms with van der Waals surface area (Å²) in [5.74, 6) is 1.04. The summed E-state index contributed by atoms with van der Waals surface area (Å²) in [6, 6.07) is 8.87. The number of likely N-dealkylation sites (tertiary alicyclic amines) is 2. The maximum absolute atomic E-state index is 5.97. The average molecular weight is 656 g/mol. The van der Waals surface area contributed by atoms with Gasteiger partial charge in [0.05, 0.1) is 53.4 Å². The van der Waals surface area contributed by atoms with Gasteiger partial charge in [-0.15, -0.1) is 0 Å². The Bertz CT molecular complexity index is 582. The van der Waals surface area contributed by atoms with Crippen LogP contribution in [0.4, 0.5) is 0 Å². The molecule has 5 heteroatoms. The predicted molar refractivity (Wildman–Crippen MR) is 123 cm³/mol. The van der Waals surface area contributed by atoms with E-state index in [1.165, 1.54) is 118 Å². The maximum Gasteiger partial charge on any atom is 0.119 e. The summed E-state index contributed by atoms with van der Waals surface area (Å²) in [4.78, 5) is 0. The third-order valence-electron chi connectivity index (χ3n) is 7.39. The summed E-state index contributed by atoms with van der Waals surface area (Å²) >= 11 is 0. The van der Waals surface area contributed by atoms with E-state index in [2.05, 4.69) is 38.4 Å². The van der Waals surface area contributed by atoms with Crippen LogP contribution in [0, 0.1) is 0 Å². The topological polar surface area (TPSA) is 9.23 Å². The number of quaternary nitrogens is 2. The van der Waals surface area contributed by atoms with Crippen LogP contribution in [-0.2, 0) is 6.54 Å². The number of nitrogens with zero attached hydrogens (tertiary/aromatic N) is 2. The molecular formula is C26H46I2N2O. The lowest BCUT2D eigenvalue weighted by Crippen LogP contribution is -3.00. The summed E-state index contributed by atoms with van der Waals surface area (Å²) in [7, 11) is 4.87. The van der Waals surface area contributed by atoms with Crippen molar-refractivity contribution in [3.8, 4) is 5.75 Å². The van der Waals surface area contributed by atoms with Gasteiger partial charge in [-0.2, -0.15) is 0 Å². The largest absolute Gasteiger partial charge is 1.00 e. The van der Waals surface area contributed by atoms with E-state index in [-0.39, 0.29) is 48.0 Å². The molecule has 3 nitrogen and oxygen atoms in total. The number of piperidine rings is 1. The average Bonchev–Trinajstić information content (AvgIpc) is 3.14. The van der Waals surface area contributed by atoms with E-state index in [9.17, 15) is 0 Å². The van der Waals surface area contributed by atoms with Gasteiger partial charge in [-0.25, -0.2) is 0 Å². The van der Waals surface area contributed by atoms with Crippen molar-refractivity contribution in [1.29, 1.82) is 0 Å². The molecule has 0 aliphatic carbocycles. The van der Waals surface area contributed by atoms with Gasteiger partial charge in [0.1, 0.15) is 12.3 Å². The second kappa shape index (κ2) is 15.3. The first-order chi connectivity index (χ1) is 14.1. The van der Waals surface area contributed by atoms with Crippen molar-refractivity contribution in [3.63, 3.8) is 0 Å². The van der Waals surface area contributed by atoms with Crippen molar-refractivity contribution < 1.29 is 61.7 Å². The van der Waals surface area contributed by atoms with Crippen molar-refractivity contribution in [2.75, 3.05) is 53.4 Å². The van der Waals surface area contributed by atoms with E-state index in [1.807, 2.05) is 0 Å². The Morgan fingerprint density at radius 3 is 1.81 bits per heavy atom. The smallest absolute Gasteiger partial charge is 0.119 e. The molecule has 2 aliphatic heterocycles. The molecule has 0 unspecified atom stereocenters. The SMILES string of the molecule is C[N+]1(CCCCCCCCOc2ccc(C[N+]3(C)CCCC3)cc2)CCCCC1.[I-].[I-]. The zero-order valence-corrected chi connectivity index (χ0v) is 24.4. The van der Waals surface area contributed by atoms with E-state index in [1.54, 1.807) is 0 Å². The molecule has 3 rings (SSSR count). The fourth-order valence-electron chi connectivity index (χ4n) is 5.38. The Morgan fingerprint density at radius 2 is 1.16 bits per heavy atom. The van der Waals surface area contributed by atoms with E-state index in [4.69, 9.17) is 4.74 Å². The summed E-state index contributed by atoms with van der Waals surface area (Å²) < 4.78 is 8.51. The van der Waals surface area contributed by atoms with Crippen molar-refractivity contribution in [1.82, 2.24) is 0 Å². The van der Waals surface area contributed by atoms with Gasteiger partial charge in [-0.05, 0) is 62.8 Å². The third kappa shape index (κ3) is 10.9. The Hall–Kier alpha value is 0.400. The Labute approximate surface area is 226 Å². The van der Waals surface area contributed by atoms with Crippen LogP contribution in [0.15, 0.2) is 24.3 Å². The first-order valence-corrected chi connectivity index (χ1v) is 12.5. The lowest BCUT2D eigenvalue weighted by atomic mass is 10.1. The molecule has 2 heterocycles. The van der Waals surface area contributed by atoms with E-state index < -0.39 is 0 Å². The predicted octanol–water partition coefficient (Wildman–Crippen LogP) is -0.215. The van der Waals surface area contributed by atoms with Gasteiger partial charge in [0, 0.05) is 18.4 Å². The highest BCUT2D eigenvalue weighted by molar-refractivity contribution is 5.26. The molecule has 0 radical (unpaired) electrons. The molecule has 0 atom stereocenters. The van der Waals surface area contributed by atoms with Gasteiger partial charge >= 0.3 is 0 Å².